The van der Waals surface area contributed by atoms with Crippen LogP contribution in [-0.2, 0) is 19.6 Å². The van der Waals surface area contributed by atoms with Crippen LogP contribution in [0.4, 0.5) is 4.39 Å². The molecule has 148 valence electrons. The van der Waals surface area contributed by atoms with Crippen molar-refractivity contribution in [1.29, 1.82) is 0 Å². The maximum atomic E-state index is 13.1. The van der Waals surface area contributed by atoms with Gasteiger partial charge in [-0.15, -0.1) is 0 Å². The van der Waals surface area contributed by atoms with Gasteiger partial charge in [-0.2, -0.15) is 4.31 Å². The van der Waals surface area contributed by atoms with Gasteiger partial charge < -0.3 is 10.0 Å². The highest BCUT2D eigenvalue weighted by atomic mass is 32.2. The minimum absolute atomic E-state index is 0.00313. The Balaban J connectivity index is 1.72. The molecule has 0 radical (unpaired) electrons. The Labute approximate surface area is 157 Å². The minimum atomic E-state index is -3.80. The molecule has 0 saturated carbocycles. The number of halogens is 1. The zero-order valence-electron chi connectivity index (χ0n) is 15.1. The molecule has 0 aliphatic carbocycles. The SMILES string of the molecule is CC1(C(=O)O)CCN(C(=O)C2CCCN(S(=O)(=O)c3ccc(F)cc3)C2)C1. The Morgan fingerprint density at radius 3 is 2.48 bits per heavy atom. The number of aliphatic carboxylic acids is 1. The van der Waals surface area contributed by atoms with Crippen molar-refractivity contribution in [3.63, 3.8) is 0 Å². The lowest BCUT2D eigenvalue weighted by Gasteiger charge is -2.33. The van der Waals surface area contributed by atoms with Crippen LogP contribution in [0.15, 0.2) is 29.2 Å². The number of rotatable bonds is 4. The van der Waals surface area contributed by atoms with E-state index in [1.165, 1.54) is 21.3 Å². The normalized spacial score (nSPS) is 26.9. The number of hydrogen-bond acceptors (Lipinski definition) is 4. The van der Waals surface area contributed by atoms with Crippen LogP contribution < -0.4 is 0 Å². The van der Waals surface area contributed by atoms with Crippen LogP contribution in [0.2, 0.25) is 0 Å². The summed E-state index contributed by atoms with van der Waals surface area (Å²) in [4.78, 5) is 25.7. The molecule has 3 rings (SSSR count). The van der Waals surface area contributed by atoms with Crippen LogP contribution in [0.1, 0.15) is 26.2 Å². The zero-order valence-corrected chi connectivity index (χ0v) is 15.9. The summed E-state index contributed by atoms with van der Waals surface area (Å²) in [5.41, 5.74) is -0.954. The van der Waals surface area contributed by atoms with E-state index >= 15 is 0 Å². The molecular formula is C18H23FN2O5S. The van der Waals surface area contributed by atoms with E-state index in [9.17, 15) is 27.5 Å². The third kappa shape index (κ3) is 3.84. The van der Waals surface area contributed by atoms with Crippen LogP contribution >= 0.6 is 0 Å². The van der Waals surface area contributed by atoms with Crippen molar-refractivity contribution in [1.82, 2.24) is 9.21 Å². The van der Waals surface area contributed by atoms with Crippen LogP contribution in [-0.4, -0.2) is 60.8 Å². The molecule has 2 aliphatic heterocycles. The fraction of sp³-hybridized carbons (Fsp3) is 0.556. The Morgan fingerprint density at radius 1 is 1.22 bits per heavy atom. The van der Waals surface area contributed by atoms with Crippen molar-refractivity contribution in [3.05, 3.63) is 30.1 Å². The van der Waals surface area contributed by atoms with Gasteiger partial charge >= 0.3 is 5.97 Å². The fourth-order valence-corrected chi connectivity index (χ4v) is 5.22. The molecule has 1 amide bonds. The summed E-state index contributed by atoms with van der Waals surface area (Å²) in [5, 5.41) is 9.32. The van der Waals surface area contributed by atoms with Gasteiger partial charge in [-0.05, 0) is 50.5 Å². The van der Waals surface area contributed by atoms with Gasteiger partial charge in [-0.25, -0.2) is 12.8 Å². The molecule has 2 aliphatic rings. The van der Waals surface area contributed by atoms with E-state index < -0.39 is 33.1 Å². The van der Waals surface area contributed by atoms with E-state index in [2.05, 4.69) is 0 Å². The fourth-order valence-electron chi connectivity index (χ4n) is 3.70. The van der Waals surface area contributed by atoms with Gasteiger partial charge in [0.25, 0.3) is 0 Å². The lowest BCUT2D eigenvalue weighted by atomic mass is 9.90. The Kier molecular flexibility index (Phi) is 5.27. The molecule has 0 spiro atoms. The number of sulfonamides is 1. The number of carbonyl (C=O) groups excluding carboxylic acids is 1. The molecule has 2 heterocycles. The largest absolute Gasteiger partial charge is 0.481 e. The number of nitrogens with zero attached hydrogens (tertiary/aromatic N) is 2. The molecule has 2 saturated heterocycles. The number of carboxylic acid groups (broad SMARTS) is 1. The summed E-state index contributed by atoms with van der Waals surface area (Å²) in [6, 6.07) is 4.62. The van der Waals surface area contributed by atoms with Gasteiger partial charge in [-0.3, -0.25) is 9.59 Å². The number of carboxylic acids is 1. The van der Waals surface area contributed by atoms with Crippen molar-refractivity contribution < 1.29 is 27.5 Å². The van der Waals surface area contributed by atoms with Crippen LogP contribution in [0.3, 0.4) is 0 Å². The molecule has 0 bridgehead atoms. The maximum absolute atomic E-state index is 13.1. The quantitative estimate of drug-likeness (QED) is 0.830. The number of piperidine rings is 1. The molecule has 2 unspecified atom stereocenters. The van der Waals surface area contributed by atoms with E-state index in [-0.39, 0.29) is 23.9 Å². The van der Waals surface area contributed by atoms with E-state index in [4.69, 9.17) is 0 Å². The molecule has 1 aromatic carbocycles. The third-order valence-electron chi connectivity index (χ3n) is 5.49. The second-order valence-corrected chi connectivity index (χ2v) is 9.47. The highest BCUT2D eigenvalue weighted by Crippen LogP contribution is 2.33. The van der Waals surface area contributed by atoms with E-state index in [1.807, 2.05) is 0 Å². The third-order valence-corrected chi connectivity index (χ3v) is 7.37. The van der Waals surface area contributed by atoms with E-state index in [1.54, 1.807) is 6.92 Å². The molecule has 2 fully saturated rings. The number of amides is 1. The predicted octanol–water partition coefficient (Wildman–Crippen LogP) is 1.55. The monoisotopic (exact) mass is 398 g/mol. The second kappa shape index (κ2) is 7.20. The van der Waals surface area contributed by atoms with Crippen molar-refractivity contribution in [2.75, 3.05) is 26.2 Å². The molecular weight excluding hydrogens is 375 g/mol. The van der Waals surface area contributed by atoms with Crippen LogP contribution in [0, 0.1) is 17.2 Å². The maximum Gasteiger partial charge on any atom is 0.311 e. The van der Waals surface area contributed by atoms with Gasteiger partial charge in [-0.1, -0.05) is 0 Å². The first-order chi connectivity index (χ1) is 12.6. The zero-order chi connectivity index (χ0) is 19.8. The van der Waals surface area contributed by atoms with Crippen LogP contribution in [0.5, 0.6) is 0 Å². The van der Waals surface area contributed by atoms with E-state index in [0.717, 1.165) is 12.1 Å². The van der Waals surface area contributed by atoms with E-state index in [0.29, 0.717) is 32.4 Å². The topological polar surface area (TPSA) is 95.0 Å². The first-order valence-corrected chi connectivity index (χ1v) is 10.4. The number of hydrogen-bond donors (Lipinski definition) is 1. The Morgan fingerprint density at radius 2 is 1.89 bits per heavy atom. The lowest BCUT2D eigenvalue weighted by Crippen LogP contribution is -2.46. The molecule has 0 aromatic heterocycles. The molecule has 2 atom stereocenters. The smallest absolute Gasteiger partial charge is 0.311 e. The Hall–Kier alpha value is -2.00. The summed E-state index contributed by atoms with van der Waals surface area (Å²) in [6.07, 6.45) is 1.49. The predicted molar refractivity (Wildman–Crippen MR) is 94.8 cm³/mol. The van der Waals surface area contributed by atoms with Crippen LogP contribution in [0.25, 0.3) is 0 Å². The average Bonchev–Trinajstić information content (AvgIpc) is 3.05. The molecule has 27 heavy (non-hydrogen) atoms. The summed E-state index contributed by atoms with van der Waals surface area (Å²) in [6.45, 7) is 2.48. The highest BCUT2D eigenvalue weighted by Gasteiger charge is 2.44. The summed E-state index contributed by atoms with van der Waals surface area (Å²) < 4.78 is 39.9. The molecule has 1 aromatic rings. The standard InChI is InChI=1S/C18H23FN2O5S/c1-18(17(23)24)8-10-20(12-18)16(22)13-3-2-9-21(11-13)27(25,26)15-6-4-14(19)5-7-15/h4-7,13H,2-3,8-12H2,1H3,(H,23,24). The second-order valence-electron chi connectivity index (χ2n) is 7.53. The first-order valence-electron chi connectivity index (χ1n) is 8.91. The molecule has 9 heteroatoms. The Bertz CT molecular complexity index is 842. The van der Waals surface area contributed by atoms with Crippen molar-refractivity contribution in [2.45, 2.75) is 31.1 Å². The average molecular weight is 398 g/mol. The van der Waals surface area contributed by atoms with Gasteiger partial charge in [0.1, 0.15) is 5.82 Å². The lowest BCUT2D eigenvalue weighted by molar-refractivity contribution is -0.147. The van der Waals surface area contributed by atoms with Crippen molar-refractivity contribution in [3.8, 4) is 0 Å². The number of carbonyl (C=O) groups is 2. The summed E-state index contributed by atoms with van der Waals surface area (Å²) in [5.74, 6) is -2.14. The number of likely N-dealkylation sites (tertiary alicyclic amines) is 1. The van der Waals surface area contributed by atoms with Gasteiger partial charge in [0.15, 0.2) is 0 Å². The van der Waals surface area contributed by atoms with Gasteiger partial charge in [0.05, 0.1) is 16.2 Å². The van der Waals surface area contributed by atoms with Crippen molar-refractivity contribution in [2.24, 2.45) is 11.3 Å². The first kappa shape index (κ1) is 19.8. The highest BCUT2D eigenvalue weighted by molar-refractivity contribution is 7.89. The number of benzene rings is 1. The van der Waals surface area contributed by atoms with Crippen molar-refractivity contribution >= 4 is 21.9 Å². The van der Waals surface area contributed by atoms with Gasteiger partial charge in [0.2, 0.25) is 15.9 Å². The van der Waals surface area contributed by atoms with Gasteiger partial charge in [0, 0.05) is 26.2 Å². The molecule has 7 nitrogen and oxygen atoms in total. The summed E-state index contributed by atoms with van der Waals surface area (Å²) >= 11 is 0. The minimum Gasteiger partial charge on any atom is -0.481 e. The molecule has 1 N–H and O–H groups in total. The summed E-state index contributed by atoms with van der Waals surface area (Å²) in [7, 11) is -3.80.